The highest BCUT2D eigenvalue weighted by Gasteiger charge is 2.82. The topological polar surface area (TPSA) is 235 Å². The molecule has 18 nitrogen and oxygen atoms in total. The first-order chi connectivity index (χ1) is 33.4. The van der Waals surface area contributed by atoms with Crippen molar-refractivity contribution in [3.05, 3.63) is 83.4 Å². The zero-order valence-electron chi connectivity index (χ0n) is 42.3. The lowest BCUT2D eigenvalue weighted by atomic mass is 9.53. The number of fused-ring (bicyclic) bond motifs is 2. The first-order valence-corrected chi connectivity index (χ1v) is 24.2. The van der Waals surface area contributed by atoms with Crippen LogP contribution in [0, 0.1) is 22.7 Å². The number of Topliss-reactive ketones (excluding diaryl/α,β-unsaturated/α-hetero) is 1. The van der Waals surface area contributed by atoms with Crippen LogP contribution in [0.4, 0.5) is 4.79 Å². The molecule has 0 unspecified atom stereocenters. The van der Waals surface area contributed by atoms with Crippen LogP contribution in [0.25, 0.3) is 0 Å². The number of ether oxygens (including phenoxy) is 9. The molecule has 2 saturated carbocycles. The van der Waals surface area contributed by atoms with Crippen molar-refractivity contribution in [2.45, 2.75) is 148 Å². The number of hydrogen-bond acceptors (Lipinski definition) is 17. The van der Waals surface area contributed by atoms with Gasteiger partial charge in [-0.2, -0.15) is 0 Å². The number of carbonyl (C=O) groups excluding carboxylic acids is 7. The maximum atomic E-state index is 15.0. The van der Waals surface area contributed by atoms with Gasteiger partial charge in [-0.05, 0) is 83.1 Å². The number of benzene rings is 2. The predicted molar refractivity (Wildman–Crippen MR) is 252 cm³/mol. The number of ketones is 1. The number of rotatable bonds is 21. The molecule has 1 amide bonds. The van der Waals surface area contributed by atoms with Gasteiger partial charge in [0, 0.05) is 37.7 Å². The minimum absolute atomic E-state index is 0.0435. The van der Waals surface area contributed by atoms with Gasteiger partial charge in [-0.3, -0.25) is 14.4 Å². The van der Waals surface area contributed by atoms with Crippen LogP contribution in [-0.4, -0.2) is 127 Å². The molecule has 4 aliphatic rings. The quantitative estimate of drug-likeness (QED) is 0.0622. The van der Waals surface area contributed by atoms with E-state index in [1.54, 1.807) is 96.1 Å². The van der Waals surface area contributed by atoms with Crippen LogP contribution in [0.1, 0.15) is 117 Å². The summed E-state index contributed by atoms with van der Waals surface area (Å²) in [5, 5.41) is 16.5. The fourth-order valence-corrected chi connectivity index (χ4v) is 10.6. The van der Waals surface area contributed by atoms with Gasteiger partial charge in [0.25, 0.3) is 0 Å². The monoisotopic (exact) mass is 991 g/mol. The summed E-state index contributed by atoms with van der Waals surface area (Å²) in [5.41, 5.74) is -6.80. The number of nitrogens with one attached hydrogen (secondary N) is 1. The third-order valence-corrected chi connectivity index (χ3v) is 13.8. The lowest BCUT2D eigenvalue weighted by molar-refractivity contribution is -0.321. The molecule has 1 aliphatic heterocycles. The van der Waals surface area contributed by atoms with E-state index in [1.807, 2.05) is 6.92 Å². The minimum Gasteiger partial charge on any atom is -0.455 e. The molecule has 3 fully saturated rings. The predicted octanol–water partition coefficient (Wildman–Crippen LogP) is 6.10. The average Bonchev–Trinajstić information content (AvgIpc) is 4.02. The van der Waals surface area contributed by atoms with Crippen molar-refractivity contribution in [1.82, 2.24) is 5.32 Å². The highest BCUT2D eigenvalue weighted by molar-refractivity contribution is 5.94. The van der Waals surface area contributed by atoms with Gasteiger partial charge < -0.3 is 53.1 Å². The van der Waals surface area contributed by atoms with Gasteiger partial charge in [0.05, 0.1) is 31.3 Å². The summed E-state index contributed by atoms with van der Waals surface area (Å²) in [5.74, 6) is -6.66. The lowest BCUT2D eigenvalue weighted by Gasteiger charge is -2.62. The Bertz CT molecular complexity index is 2310. The van der Waals surface area contributed by atoms with Crippen LogP contribution in [0.3, 0.4) is 0 Å². The third-order valence-electron chi connectivity index (χ3n) is 13.8. The maximum absolute atomic E-state index is 15.0. The van der Waals surface area contributed by atoms with Gasteiger partial charge in [0.1, 0.15) is 42.2 Å². The summed E-state index contributed by atoms with van der Waals surface area (Å²) >= 11 is 0. The van der Waals surface area contributed by atoms with Crippen LogP contribution in [0.2, 0.25) is 0 Å². The molecule has 71 heavy (non-hydrogen) atoms. The fraction of sp³-hybridized carbons (Fsp3) is 0.604. The molecule has 0 bridgehead atoms. The Morgan fingerprint density at radius 3 is 2.10 bits per heavy atom. The Morgan fingerprint density at radius 1 is 0.859 bits per heavy atom. The highest BCUT2D eigenvalue weighted by Crippen LogP contribution is 2.73. The summed E-state index contributed by atoms with van der Waals surface area (Å²) in [7, 11) is 0. The molecule has 0 aromatic heterocycles. The van der Waals surface area contributed by atoms with Gasteiger partial charge >= 0.3 is 35.9 Å². The molecule has 11 atom stereocenters. The van der Waals surface area contributed by atoms with Gasteiger partial charge in [-0.1, -0.05) is 75.4 Å². The Hall–Kier alpha value is -5.69. The molecule has 2 aromatic carbocycles. The smallest absolute Gasteiger partial charge is 0.408 e. The van der Waals surface area contributed by atoms with E-state index >= 15 is 0 Å². The van der Waals surface area contributed by atoms with E-state index in [2.05, 4.69) is 5.32 Å². The van der Waals surface area contributed by atoms with Crippen LogP contribution in [0.5, 0.6) is 0 Å². The molecule has 18 heteroatoms. The molecule has 3 aliphatic carbocycles. The van der Waals surface area contributed by atoms with E-state index in [-0.39, 0.29) is 38.2 Å². The number of carbonyl (C=O) groups is 7. The van der Waals surface area contributed by atoms with Gasteiger partial charge in [-0.25, -0.2) is 19.2 Å². The summed E-state index contributed by atoms with van der Waals surface area (Å²) in [6.07, 6.45) is -5.48. The Labute approximate surface area is 414 Å². The van der Waals surface area contributed by atoms with E-state index in [0.29, 0.717) is 17.7 Å². The number of hydrogen-bond donors (Lipinski definition) is 2. The maximum Gasteiger partial charge on any atom is 0.408 e. The van der Waals surface area contributed by atoms with Crippen molar-refractivity contribution < 1.29 is 81.3 Å². The second kappa shape index (κ2) is 22.0. The highest BCUT2D eigenvalue weighted by atomic mass is 16.6. The molecule has 2 N–H and O–H groups in total. The van der Waals surface area contributed by atoms with Gasteiger partial charge in [0.15, 0.2) is 17.5 Å². The first-order valence-electron chi connectivity index (χ1n) is 24.2. The van der Waals surface area contributed by atoms with Crippen LogP contribution in [0.15, 0.2) is 72.3 Å². The van der Waals surface area contributed by atoms with Crippen molar-refractivity contribution in [2.75, 3.05) is 33.0 Å². The van der Waals surface area contributed by atoms with Crippen molar-refractivity contribution >= 4 is 41.7 Å². The SMILES string of the molecule is CCCOCCOCC(=O)O[C@H](C(=O)O[C@@H]1C[C@](O)([C@H](OC(=O)c2ccccc2)[C@H]2[C@@]3(OC(C)=O)CO[C@H]3C[C@H]3C[C@]32C(=O)[C@H](C)OC(C)=O)C(C)(C)C=C1C)[C@H](NC(=O)OC(C)(C)C)c1ccccc1. The largest absolute Gasteiger partial charge is 0.455 e. The standard InChI is InChI=1S/C53H69NO17/c1-11-22-63-23-24-64-29-40(57)68-42(41(35-18-14-12-15-19-35)54-48(61)71-49(6,7)8)47(60)67-38-28-53(62,50(9,10)26-31(38)2)45(69-46(59)36-20-16-13-17-21-36)43-51(44(58)32(3)66-33(4)55)27-37(51)25-39-52(43,30-65-39)70-34(5)56/h12-21,26,32,37-39,41-43,45,62H,11,22-25,27-30H2,1-10H3,(H,54,61)/t32-,37-,38+,39-,41+,42-,43+,45+,51-,52+,53-/m0/s1. The fourth-order valence-electron chi connectivity index (χ4n) is 10.6. The van der Waals surface area contributed by atoms with E-state index < -0.39 is 131 Å². The van der Waals surface area contributed by atoms with E-state index in [4.69, 9.17) is 42.6 Å². The van der Waals surface area contributed by atoms with E-state index in [1.165, 1.54) is 32.9 Å². The third kappa shape index (κ3) is 12.0. The van der Waals surface area contributed by atoms with E-state index in [9.17, 15) is 38.7 Å². The number of amides is 1. The van der Waals surface area contributed by atoms with Gasteiger partial charge in [-0.15, -0.1) is 0 Å². The van der Waals surface area contributed by atoms with Crippen molar-refractivity contribution in [2.24, 2.45) is 22.7 Å². The molecule has 388 valence electrons. The van der Waals surface area contributed by atoms with Crippen LogP contribution < -0.4 is 5.32 Å². The number of alkyl carbamates (subject to hydrolysis) is 1. The number of esters is 5. The number of aliphatic hydroxyl groups is 1. The zero-order chi connectivity index (χ0) is 52.1. The summed E-state index contributed by atoms with van der Waals surface area (Å²) in [4.78, 5) is 96.9. The molecule has 6 rings (SSSR count). The Balaban J connectivity index is 1.44. The Kier molecular flexibility index (Phi) is 16.9. The molecule has 2 aromatic rings. The summed E-state index contributed by atoms with van der Waals surface area (Å²) in [6.45, 7) is 15.7. The Morgan fingerprint density at radius 2 is 1.51 bits per heavy atom. The molecular weight excluding hydrogens is 923 g/mol. The zero-order valence-corrected chi connectivity index (χ0v) is 42.3. The average molecular weight is 992 g/mol. The van der Waals surface area contributed by atoms with Crippen molar-refractivity contribution in [1.29, 1.82) is 0 Å². The molecular formula is C53H69NO17. The lowest BCUT2D eigenvalue weighted by Crippen LogP contribution is -2.76. The van der Waals surface area contributed by atoms with E-state index in [0.717, 1.165) is 6.42 Å². The summed E-state index contributed by atoms with van der Waals surface area (Å²) in [6, 6.07) is 14.9. The minimum atomic E-state index is -2.27. The first kappa shape index (κ1) is 54.6. The molecule has 1 heterocycles. The second-order valence-electron chi connectivity index (χ2n) is 20.6. The van der Waals surface area contributed by atoms with Crippen LogP contribution >= 0.6 is 0 Å². The normalized spacial score (nSPS) is 27.7. The van der Waals surface area contributed by atoms with Crippen molar-refractivity contribution in [3.8, 4) is 0 Å². The molecule has 0 spiro atoms. The van der Waals surface area contributed by atoms with Gasteiger partial charge in [0.2, 0.25) is 6.10 Å². The molecule has 1 saturated heterocycles. The molecule has 0 radical (unpaired) electrons. The van der Waals surface area contributed by atoms with Crippen LogP contribution in [-0.2, 0) is 66.6 Å². The second-order valence-corrected chi connectivity index (χ2v) is 20.6. The summed E-state index contributed by atoms with van der Waals surface area (Å²) < 4.78 is 53.0. The van der Waals surface area contributed by atoms with Crippen molar-refractivity contribution in [3.63, 3.8) is 0 Å².